The summed E-state index contributed by atoms with van der Waals surface area (Å²) in [5.74, 6) is 0.210. The lowest BCUT2D eigenvalue weighted by Gasteiger charge is -2.53. The van der Waals surface area contributed by atoms with Gasteiger partial charge in [-0.15, -0.1) is 0 Å². The van der Waals surface area contributed by atoms with E-state index in [1.54, 1.807) is 4.90 Å². The molecule has 1 spiro atoms. The number of piperidine rings is 1. The fourth-order valence-corrected chi connectivity index (χ4v) is 4.52. The molecule has 3 aliphatic heterocycles. The minimum Gasteiger partial charge on any atom is -0.377 e. The number of β-lactam (4-membered cyclic amide) rings is 1. The van der Waals surface area contributed by atoms with Crippen molar-refractivity contribution in [2.24, 2.45) is 5.41 Å². The molecule has 126 valence electrons. The van der Waals surface area contributed by atoms with Gasteiger partial charge in [-0.1, -0.05) is 0 Å². The van der Waals surface area contributed by atoms with E-state index >= 15 is 0 Å². The van der Waals surface area contributed by atoms with Crippen LogP contribution in [-0.4, -0.2) is 81.6 Å². The Morgan fingerprint density at radius 1 is 1.32 bits per heavy atom. The first-order chi connectivity index (χ1) is 10.4. The number of likely N-dealkylation sites (tertiary alicyclic amines) is 2. The lowest BCUT2D eigenvalue weighted by molar-refractivity contribution is -0.166. The molecule has 0 unspecified atom stereocenters. The van der Waals surface area contributed by atoms with Crippen LogP contribution in [0.15, 0.2) is 0 Å². The van der Waals surface area contributed by atoms with Crippen LogP contribution in [0.3, 0.4) is 0 Å². The largest absolute Gasteiger partial charge is 0.377 e. The van der Waals surface area contributed by atoms with Crippen molar-refractivity contribution in [3.05, 3.63) is 0 Å². The quantitative estimate of drug-likeness (QED) is 0.671. The molecule has 0 bridgehead atoms. The predicted molar refractivity (Wildman–Crippen MR) is 83.4 cm³/mol. The van der Waals surface area contributed by atoms with Crippen LogP contribution in [0.25, 0.3) is 0 Å². The number of carbonyl (C=O) groups excluding carboxylic acids is 1. The van der Waals surface area contributed by atoms with Crippen LogP contribution in [0.4, 0.5) is 0 Å². The van der Waals surface area contributed by atoms with Crippen molar-refractivity contribution in [1.82, 2.24) is 9.80 Å². The number of sulfone groups is 1. The topological polar surface area (TPSA) is 66.9 Å². The van der Waals surface area contributed by atoms with E-state index in [-0.39, 0.29) is 17.1 Å². The van der Waals surface area contributed by atoms with E-state index in [1.807, 2.05) is 0 Å². The van der Waals surface area contributed by atoms with Gasteiger partial charge < -0.3 is 9.64 Å². The molecular weight excluding hydrogens is 304 g/mol. The molecule has 0 saturated carbocycles. The lowest BCUT2D eigenvalue weighted by Crippen LogP contribution is -2.67. The van der Waals surface area contributed by atoms with E-state index in [0.29, 0.717) is 19.2 Å². The minimum absolute atomic E-state index is 0.0639. The van der Waals surface area contributed by atoms with Gasteiger partial charge in [-0.05, 0) is 32.2 Å². The fourth-order valence-electron chi connectivity index (χ4n) is 3.97. The summed E-state index contributed by atoms with van der Waals surface area (Å²) in [4.78, 5) is 16.6. The standard InChI is InChI=1S/C15H26N2O4S/c1-22(19,20)9-7-17-12-15(14(17)18)5-3-6-16(11-15)10-13-4-2-8-21-13/h13H,2-12H2,1H3/t13-,15+/m0/s1. The van der Waals surface area contributed by atoms with Crippen molar-refractivity contribution in [3.63, 3.8) is 0 Å². The van der Waals surface area contributed by atoms with Gasteiger partial charge in [0.15, 0.2) is 0 Å². The second kappa shape index (κ2) is 6.09. The highest BCUT2D eigenvalue weighted by Crippen LogP contribution is 2.40. The van der Waals surface area contributed by atoms with Crippen LogP contribution in [-0.2, 0) is 19.4 Å². The molecule has 3 aliphatic rings. The van der Waals surface area contributed by atoms with E-state index in [4.69, 9.17) is 4.74 Å². The average Bonchev–Trinajstić information content (AvgIpc) is 2.95. The summed E-state index contributed by atoms with van der Waals surface area (Å²) in [7, 11) is -3.01. The molecule has 0 aromatic carbocycles. The monoisotopic (exact) mass is 330 g/mol. The summed E-state index contributed by atoms with van der Waals surface area (Å²) < 4.78 is 28.2. The maximum atomic E-state index is 12.5. The van der Waals surface area contributed by atoms with E-state index in [0.717, 1.165) is 51.9 Å². The van der Waals surface area contributed by atoms with E-state index in [9.17, 15) is 13.2 Å². The summed E-state index contributed by atoms with van der Waals surface area (Å²) in [5.41, 5.74) is -0.256. The Kier molecular flexibility index (Phi) is 4.49. The molecule has 3 fully saturated rings. The maximum Gasteiger partial charge on any atom is 0.231 e. The normalized spacial score (nSPS) is 33.4. The fraction of sp³-hybridized carbons (Fsp3) is 0.933. The first-order valence-electron chi connectivity index (χ1n) is 8.19. The summed E-state index contributed by atoms with van der Waals surface area (Å²) in [5, 5.41) is 0. The van der Waals surface area contributed by atoms with Crippen LogP contribution < -0.4 is 0 Å². The number of nitrogens with zero attached hydrogens (tertiary/aromatic N) is 2. The van der Waals surface area contributed by atoms with Gasteiger partial charge in [0.25, 0.3) is 0 Å². The van der Waals surface area contributed by atoms with Crippen molar-refractivity contribution in [2.45, 2.75) is 31.8 Å². The molecule has 0 aromatic rings. The van der Waals surface area contributed by atoms with E-state index in [1.165, 1.54) is 6.26 Å². The first kappa shape index (κ1) is 16.2. The number of hydrogen-bond acceptors (Lipinski definition) is 5. The molecule has 6 nitrogen and oxygen atoms in total. The van der Waals surface area contributed by atoms with Gasteiger partial charge in [0, 0.05) is 39.0 Å². The van der Waals surface area contributed by atoms with Gasteiger partial charge in [-0.3, -0.25) is 9.69 Å². The third-order valence-electron chi connectivity index (χ3n) is 5.11. The molecule has 0 aromatic heterocycles. The Balaban J connectivity index is 1.52. The van der Waals surface area contributed by atoms with Crippen LogP contribution in [0, 0.1) is 5.41 Å². The van der Waals surface area contributed by atoms with Crippen molar-refractivity contribution >= 4 is 15.7 Å². The van der Waals surface area contributed by atoms with Crippen molar-refractivity contribution in [1.29, 1.82) is 0 Å². The Morgan fingerprint density at radius 2 is 2.14 bits per heavy atom. The zero-order chi connectivity index (χ0) is 15.8. The highest BCUT2D eigenvalue weighted by molar-refractivity contribution is 7.90. The zero-order valence-corrected chi connectivity index (χ0v) is 14.1. The van der Waals surface area contributed by atoms with Crippen LogP contribution in [0.2, 0.25) is 0 Å². The van der Waals surface area contributed by atoms with Crippen molar-refractivity contribution in [3.8, 4) is 0 Å². The van der Waals surface area contributed by atoms with Crippen molar-refractivity contribution in [2.75, 3.05) is 51.3 Å². The first-order valence-corrected chi connectivity index (χ1v) is 10.3. The average molecular weight is 330 g/mol. The SMILES string of the molecule is CS(=O)(=O)CCN1C[C@]2(CCCN(C[C@@H]3CCCO3)C2)C1=O. The molecule has 0 N–H and O–H groups in total. The second-order valence-electron chi connectivity index (χ2n) is 7.11. The number of rotatable bonds is 5. The number of amides is 1. The van der Waals surface area contributed by atoms with E-state index < -0.39 is 9.84 Å². The lowest BCUT2D eigenvalue weighted by atomic mass is 9.72. The molecule has 22 heavy (non-hydrogen) atoms. The molecule has 0 aliphatic carbocycles. The van der Waals surface area contributed by atoms with Gasteiger partial charge >= 0.3 is 0 Å². The Hall–Kier alpha value is -0.660. The summed E-state index contributed by atoms with van der Waals surface area (Å²) in [6.07, 6.45) is 5.78. The Bertz CT molecular complexity index is 530. The van der Waals surface area contributed by atoms with Gasteiger partial charge in [0.1, 0.15) is 9.84 Å². The minimum atomic E-state index is -3.01. The molecule has 3 saturated heterocycles. The molecule has 3 rings (SSSR count). The van der Waals surface area contributed by atoms with Gasteiger partial charge in [-0.25, -0.2) is 8.42 Å². The summed E-state index contributed by atoms with van der Waals surface area (Å²) >= 11 is 0. The van der Waals surface area contributed by atoms with E-state index in [2.05, 4.69) is 4.90 Å². The van der Waals surface area contributed by atoms with Crippen LogP contribution in [0.5, 0.6) is 0 Å². The summed E-state index contributed by atoms with van der Waals surface area (Å²) in [6.45, 7) is 4.69. The third-order valence-corrected chi connectivity index (χ3v) is 6.03. The highest BCUT2D eigenvalue weighted by atomic mass is 32.2. The van der Waals surface area contributed by atoms with Gasteiger partial charge in [-0.2, -0.15) is 0 Å². The van der Waals surface area contributed by atoms with Crippen LogP contribution in [0.1, 0.15) is 25.7 Å². The molecule has 0 radical (unpaired) electrons. The zero-order valence-electron chi connectivity index (χ0n) is 13.3. The highest BCUT2D eigenvalue weighted by Gasteiger charge is 2.53. The second-order valence-corrected chi connectivity index (χ2v) is 9.37. The molecule has 3 heterocycles. The number of carbonyl (C=O) groups is 1. The Labute approximate surface area is 132 Å². The molecule has 7 heteroatoms. The van der Waals surface area contributed by atoms with Gasteiger partial charge in [0.2, 0.25) is 5.91 Å². The van der Waals surface area contributed by atoms with Gasteiger partial charge in [0.05, 0.1) is 17.3 Å². The van der Waals surface area contributed by atoms with Crippen LogP contribution >= 0.6 is 0 Å². The number of hydrogen-bond donors (Lipinski definition) is 0. The maximum absolute atomic E-state index is 12.5. The molecular formula is C15H26N2O4S. The predicted octanol–water partition coefficient (Wildman–Crippen LogP) is 0.134. The van der Waals surface area contributed by atoms with Crippen molar-refractivity contribution < 1.29 is 17.9 Å². The Morgan fingerprint density at radius 3 is 2.77 bits per heavy atom. The third kappa shape index (κ3) is 3.46. The smallest absolute Gasteiger partial charge is 0.231 e. The number of ether oxygens (including phenoxy) is 1. The molecule has 2 atom stereocenters. The molecule has 1 amide bonds. The summed E-state index contributed by atoms with van der Waals surface area (Å²) in [6, 6.07) is 0.